The van der Waals surface area contributed by atoms with Crippen LogP contribution in [0.2, 0.25) is 0 Å². The zero-order chi connectivity index (χ0) is 18.7. The second-order valence-electron chi connectivity index (χ2n) is 6.93. The molecule has 1 N–H and O–H groups in total. The number of hydrogen-bond donors (Lipinski definition) is 1. The average Bonchev–Trinajstić information content (AvgIpc) is 3.12. The maximum absolute atomic E-state index is 13.0. The van der Waals surface area contributed by atoms with Gasteiger partial charge in [0.2, 0.25) is 5.91 Å². The van der Waals surface area contributed by atoms with E-state index in [2.05, 4.69) is 5.32 Å². The van der Waals surface area contributed by atoms with Gasteiger partial charge in [-0.3, -0.25) is 4.79 Å². The molecular weight excluding hydrogens is 334 g/mol. The molecule has 1 saturated heterocycles. The van der Waals surface area contributed by atoms with Crippen LogP contribution in [0.15, 0.2) is 91.0 Å². The van der Waals surface area contributed by atoms with E-state index in [0.717, 1.165) is 23.0 Å². The Balaban J connectivity index is 2.10. The number of hydrogen-bond acceptors (Lipinski definition) is 2. The lowest BCUT2D eigenvalue weighted by Crippen LogP contribution is -2.44. The number of nitrogens with one attached hydrogen (secondary N) is 1. The van der Waals surface area contributed by atoms with E-state index in [1.54, 1.807) is 0 Å². The van der Waals surface area contributed by atoms with E-state index in [4.69, 9.17) is 0 Å². The van der Waals surface area contributed by atoms with Gasteiger partial charge in [-0.2, -0.15) is 0 Å². The summed E-state index contributed by atoms with van der Waals surface area (Å²) in [5.41, 5.74) is 2.29. The predicted octanol–water partition coefficient (Wildman–Crippen LogP) is 3.58. The van der Waals surface area contributed by atoms with Gasteiger partial charge in [0.25, 0.3) is 0 Å². The van der Waals surface area contributed by atoms with E-state index in [1.807, 2.05) is 91.0 Å². The highest BCUT2D eigenvalue weighted by Crippen LogP contribution is 2.49. The lowest BCUT2D eigenvalue weighted by atomic mass is 9.59. The monoisotopic (exact) mass is 355 g/mol. The van der Waals surface area contributed by atoms with Crippen LogP contribution in [-0.4, -0.2) is 18.7 Å². The maximum atomic E-state index is 13.0. The number of amides is 1. The lowest BCUT2D eigenvalue weighted by molar-refractivity contribution is -0.126. The van der Waals surface area contributed by atoms with Gasteiger partial charge in [-0.15, -0.1) is 0 Å². The molecule has 1 heterocycles. The molecule has 3 heteroatoms. The molecule has 3 aromatic carbocycles. The molecule has 0 spiro atoms. The molecule has 3 aromatic rings. The first kappa shape index (κ1) is 17.2. The molecular formula is C24H21NO2. The van der Waals surface area contributed by atoms with E-state index >= 15 is 0 Å². The van der Waals surface area contributed by atoms with Crippen molar-refractivity contribution in [1.29, 1.82) is 0 Å². The van der Waals surface area contributed by atoms with Gasteiger partial charge >= 0.3 is 0 Å². The normalized spacial score (nSPS) is 19.5. The van der Waals surface area contributed by atoms with Gasteiger partial charge in [-0.25, -0.2) is 0 Å². The Morgan fingerprint density at radius 3 is 1.52 bits per heavy atom. The van der Waals surface area contributed by atoms with Gasteiger partial charge in [-0.1, -0.05) is 91.0 Å². The Labute approximate surface area is 159 Å². The predicted molar refractivity (Wildman–Crippen MR) is 105 cm³/mol. The number of carbonyl (C=O) groups excluding carboxylic acids is 2. The summed E-state index contributed by atoms with van der Waals surface area (Å²) >= 11 is 0. The zero-order valence-electron chi connectivity index (χ0n) is 14.9. The van der Waals surface area contributed by atoms with Gasteiger partial charge in [0.1, 0.15) is 6.29 Å². The summed E-state index contributed by atoms with van der Waals surface area (Å²) in [5, 5.41) is 2.91. The van der Waals surface area contributed by atoms with Gasteiger partial charge in [-0.05, 0) is 16.7 Å². The van der Waals surface area contributed by atoms with Gasteiger partial charge in [0, 0.05) is 12.5 Å². The summed E-state index contributed by atoms with van der Waals surface area (Å²) in [6.07, 6.45) is 0.923. The Morgan fingerprint density at radius 1 is 0.741 bits per heavy atom. The first-order chi connectivity index (χ1) is 13.3. The Morgan fingerprint density at radius 2 is 1.15 bits per heavy atom. The Hall–Kier alpha value is -3.20. The molecule has 3 nitrogen and oxygen atoms in total. The first-order valence-corrected chi connectivity index (χ1v) is 9.18. The molecule has 134 valence electrons. The minimum Gasteiger partial charge on any atom is -0.355 e. The van der Waals surface area contributed by atoms with E-state index in [-0.39, 0.29) is 5.91 Å². The molecule has 1 aliphatic heterocycles. The quantitative estimate of drug-likeness (QED) is 0.562. The summed E-state index contributed by atoms with van der Waals surface area (Å²) in [4.78, 5) is 25.0. The number of aldehydes is 1. The number of carbonyl (C=O) groups is 2. The fourth-order valence-corrected chi connectivity index (χ4v) is 4.43. The van der Waals surface area contributed by atoms with Crippen LogP contribution in [0.25, 0.3) is 0 Å². The largest absolute Gasteiger partial charge is 0.355 e. The lowest BCUT2D eigenvalue weighted by Gasteiger charge is -2.41. The maximum Gasteiger partial charge on any atom is 0.225 e. The van der Waals surface area contributed by atoms with E-state index in [0.29, 0.717) is 6.54 Å². The molecule has 2 atom stereocenters. The molecule has 0 radical (unpaired) electrons. The molecule has 4 rings (SSSR count). The van der Waals surface area contributed by atoms with Crippen molar-refractivity contribution in [1.82, 2.24) is 5.32 Å². The minimum atomic E-state index is -0.740. The van der Waals surface area contributed by atoms with E-state index < -0.39 is 17.3 Å². The van der Waals surface area contributed by atoms with Crippen LogP contribution in [0.4, 0.5) is 0 Å². The van der Waals surface area contributed by atoms with Crippen LogP contribution in [0.5, 0.6) is 0 Å². The average molecular weight is 355 g/mol. The van der Waals surface area contributed by atoms with Crippen LogP contribution in [0.1, 0.15) is 16.7 Å². The summed E-state index contributed by atoms with van der Waals surface area (Å²) in [5.74, 6) is -0.982. The number of benzene rings is 3. The summed E-state index contributed by atoms with van der Waals surface area (Å²) in [6, 6.07) is 30.1. The van der Waals surface area contributed by atoms with Crippen LogP contribution in [0.3, 0.4) is 0 Å². The third-order valence-electron chi connectivity index (χ3n) is 5.55. The van der Waals surface area contributed by atoms with Crippen LogP contribution in [-0.2, 0) is 15.0 Å². The van der Waals surface area contributed by atoms with Crippen molar-refractivity contribution in [3.63, 3.8) is 0 Å². The number of rotatable bonds is 5. The molecule has 0 saturated carbocycles. The van der Waals surface area contributed by atoms with Crippen LogP contribution < -0.4 is 5.32 Å². The van der Waals surface area contributed by atoms with Crippen molar-refractivity contribution in [2.75, 3.05) is 6.54 Å². The third-order valence-corrected chi connectivity index (χ3v) is 5.55. The zero-order valence-corrected chi connectivity index (χ0v) is 14.9. The topological polar surface area (TPSA) is 46.2 Å². The summed E-state index contributed by atoms with van der Waals surface area (Å²) < 4.78 is 0. The van der Waals surface area contributed by atoms with Gasteiger partial charge < -0.3 is 10.1 Å². The van der Waals surface area contributed by atoms with Crippen molar-refractivity contribution in [3.05, 3.63) is 108 Å². The Kier molecular flexibility index (Phi) is 4.59. The second kappa shape index (κ2) is 7.20. The molecule has 0 aliphatic carbocycles. The van der Waals surface area contributed by atoms with Gasteiger partial charge in [0.05, 0.1) is 11.3 Å². The fraction of sp³-hybridized carbons (Fsp3) is 0.167. The third kappa shape index (κ3) is 2.76. The molecule has 27 heavy (non-hydrogen) atoms. The molecule has 1 aliphatic rings. The fourth-order valence-electron chi connectivity index (χ4n) is 4.43. The molecule has 1 amide bonds. The van der Waals surface area contributed by atoms with Crippen molar-refractivity contribution >= 4 is 12.2 Å². The van der Waals surface area contributed by atoms with Gasteiger partial charge in [0.15, 0.2) is 0 Å². The highest BCUT2D eigenvalue weighted by Gasteiger charge is 2.53. The molecule has 0 aromatic heterocycles. The van der Waals surface area contributed by atoms with Crippen LogP contribution >= 0.6 is 0 Å². The SMILES string of the molecule is O=CC1CNC(=O)[C@H]1C(c1ccccc1)(c1ccccc1)c1ccccc1. The van der Waals surface area contributed by atoms with Crippen molar-refractivity contribution < 1.29 is 9.59 Å². The summed E-state index contributed by atoms with van der Waals surface area (Å²) in [7, 11) is 0. The highest BCUT2D eigenvalue weighted by atomic mass is 16.2. The van der Waals surface area contributed by atoms with E-state index in [1.165, 1.54) is 0 Å². The molecule has 1 unspecified atom stereocenters. The minimum absolute atomic E-state index is 0.0799. The highest BCUT2D eigenvalue weighted by molar-refractivity contribution is 5.89. The van der Waals surface area contributed by atoms with Crippen molar-refractivity contribution in [3.8, 4) is 0 Å². The van der Waals surface area contributed by atoms with Crippen molar-refractivity contribution in [2.24, 2.45) is 11.8 Å². The summed E-state index contributed by atoms with van der Waals surface area (Å²) in [6.45, 7) is 0.376. The first-order valence-electron chi connectivity index (χ1n) is 9.18. The molecule has 1 fully saturated rings. The second-order valence-corrected chi connectivity index (χ2v) is 6.93. The van der Waals surface area contributed by atoms with Crippen LogP contribution in [0, 0.1) is 11.8 Å². The van der Waals surface area contributed by atoms with Crippen molar-refractivity contribution in [2.45, 2.75) is 5.41 Å². The molecule has 0 bridgehead atoms. The van der Waals surface area contributed by atoms with E-state index in [9.17, 15) is 9.59 Å². The smallest absolute Gasteiger partial charge is 0.225 e. The standard InChI is InChI=1S/C24H21NO2/c26-17-18-16-25-23(27)22(18)24(19-10-4-1-5-11-19,20-12-6-2-7-13-20)21-14-8-3-9-15-21/h1-15,17-18,22H,16H2,(H,25,27)/t18?,22-/m0/s1. The Bertz CT molecular complexity index is 826.